The van der Waals surface area contributed by atoms with Gasteiger partial charge in [0, 0.05) is 12.6 Å². The van der Waals surface area contributed by atoms with Crippen molar-refractivity contribution in [2.45, 2.75) is 43.5 Å². The van der Waals surface area contributed by atoms with Gasteiger partial charge in [0.25, 0.3) is 0 Å². The molecule has 26 heavy (non-hydrogen) atoms. The molecule has 2 aliphatic rings. The highest BCUT2D eigenvalue weighted by Gasteiger charge is 2.31. The van der Waals surface area contributed by atoms with E-state index in [9.17, 15) is 21.6 Å². The lowest BCUT2D eigenvalue weighted by molar-refractivity contribution is -0.121. The molecule has 7 nitrogen and oxygen atoms in total. The summed E-state index contributed by atoms with van der Waals surface area (Å²) in [5.74, 6) is -0.496. The zero-order valence-electron chi connectivity index (χ0n) is 14.8. The smallest absolute Gasteiger partial charge is 0.243 e. The lowest BCUT2D eigenvalue weighted by atomic mass is 10.1. The first-order valence-corrected chi connectivity index (χ1v) is 12.1. The van der Waals surface area contributed by atoms with Gasteiger partial charge in [0.1, 0.15) is 0 Å². The SMILES string of the molecule is CCN(CC(=O)N[C@H]1CCS(=O)(=O)C1)S(=O)(=O)c1ccc2c(c1)CCC2. The minimum Gasteiger partial charge on any atom is -0.351 e. The van der Waals surface area contributed by atoms with E-state index in [0.29, 0.717) is 6.42 Å². The average Bonchev–Trinajstić information content (AvgIpc) is 3.17. The largest absolute Gasteiger partial charge is 0.351 e. The number of carbonyl (C=O) groups is 1. The number of hydrogen-bond donors (Lipinski definition) is 1. The monoisotopic (exact) mass is 400 g/mol. The molecule has 1 N–H and O–H groups in total. The van der Waals surface area contributed by atoms with Gasteiger partial charge in [0.05, 0.1) is 22.9 Å². The Kier molecular flexibility index (Phi) is 5.41. The van der Waals surface area contributed by atoms with Gasteiger partial charge in [-0.25, -0.2) is 16.8 Å². The van der Waals surface area contributed by atoms with Crippen LogP contribution in [0.15, 0.2) is 23.1 Å². The number of sulfonamides is 1. The zero-order chi connectivity index (χ0) is 18.9. The Hall–Kier alpha value is -1.45. The van der Waals surface area contributed by atoms with Gasteiger partial charge in [-0.2, -0.15) is 4.31 Å². The van der Waals surface area contributed by atoms with Crippen LogP contribution in [0.2, 0.25) is 0 Å². The van der Waals surface area contributed by atoms with Crippen molar-refractivity contribution in [2.24, 2.45) is 0 Å². The van der Waals surface area contributed by atoms with E-state index in [2.05, 4.69) is 5.32 Å². The highest BCUT2D eigenvalue weighted by Crippen LogP contribution is 2.26. The van der Waals surface area contributed by atoms with Gasteiger partial charge in [-0.15, -0.1) is 0 Å². The molecular formula is C17H24N2O5S2. The lowest BCUT2D eigenvalue weighted by Gasteiger charge is -2.21. The summed E-state index contributed by atoms with van der Waals surface area (Å²) >= 11 is 0. The number of hydrogen-bond acceptors (Lipinski definition) is 5. The van der Waals surface area contributed by atoms with E-state index in [1.165, 1.54) is 5.56 Å². The van der Waals surface area contributed by atoms with E-state index in [1.54, 1.807) is 19.1 Å². The molecule has 9 heteroatoms. The Labute approximate surface area is 154 Å². The number of benzene rings is 1. The predicted molar refractivity (Wildman–Crippen MR) is 98.1 cm³/mol. The molecule has 0 saturated carbocycles. The van der Waals surface area contributed by atoms with Crippen LogP contribution in [0.5, 0.6) is 0 Å². The summed E-state index contributed by atoms with van der Waals surface area (Å²) in [6.07, 6.45) is 3.25. The number of aryl methyl sites for hydroxylation is 2. The molecule has 1 amide bonds. The topological polar surface area (TPSA) is 101 Å². The lowest BCUT2D eigenvalue weighted by Crippen LogP contribution is -2.44. The molecule has 0 spiro atoms. The van der Waals surface area contributed by atoms with Crippen molar-refractivity contribution in [2.75, 3.05) is 24.6 Å². The molecule has 0 radical (unpaired) electrons. The van der Waals surface area contributed by atoms with Gasteiger partial charge < -0.3 is 5.32 Å². The van der Waals surface area contributed by atoms with E-state index >= 15 is 0 Å². The number of amides is 1. The molecule has 1 saturated heterocycles. The molecule has 1 aromatic carbocycles. The van der Waals surface area contributed by atoms with Gasteiger partial charge in [0.15, 0.2) is 9.84 Å². The molecular weight excluding hydrogens is 376 g/mol. The highest BCUT2D eigenvalue weighted by atomic mass is 32.2. The van der Waals surface area contributed by atoms with Crippen molar-refractivity contribution in [1.29, 1.82) is 0 Å². The molecule has 0 unspecified atom stereocenters. The van der Waals surface area contributed by atoms with Gasteiger partial charge >= 0.3 is 0 Å². The summed E-state index contributed by atoms with van der Waals surface area (Å²) in [5.41, 5.74) is 2.25. The summed E-state index contributed by atoms with van der Waals surface area (Å²) < 4.78 is 49.9. The maximum atomic E-state index is 12.9. The van der Waals surface area contributed by atoms with Gasteiger partial charge in [-0.05, 0) is 48.9 Å². The molecule has 1 aliphatic carbocycles. The third kappa shape index (κ3) is 4.10. The standard InChI is InChI=1S/C17H24N2O5S2/c1-2-19(11-17(20)18-15-8-9-25(21,22)12-15)26(23,24)16-7-6-13-4-3-5-14(13)10-16/h6-7,10,15H,2-5,8-9,11-12H2,1H3,(H,18,20)/t15-/m0/s1. The molecule has 0 aromatic heterocycles. The number of sulfone groups is 1. The molecule has 1 heterocycles. The number of rotatable bonds is 6. The first-order valence-electron chi connectivity index (χ1n) is 8.83. The van der Waals surface area contributed by atoms with Crippen LogP contribution in [0.3, 0.4) is 0 Å². The van der Waals surface area contributed by atoms with E-state index in [-0.39, 0.29) is 29.5 Å². The van der Waals surface area contributed by atoms with Gasteiger partial charge in [-0.3, -0.25) is 4.79 Å². The maximum Gasteiger partial charge on any atom is 0.243 e. The normalized spacial score (nSPS) is 21.7. The van der Waals surface area contributed by atoms with Crippen molar-refractivity contribution in [3.63, 3.8) is 0 Å². The van der Waals surface area contributed by atoms with Crippen molar-refractivity contribution in [3.8, 4) is 0 Å². The third-order valence-electron chi connectivity index (χ3n) is 4.98. The second-order valence-corrected chi connectivity index (χ2v) is 11.0. The summed E-state index contributed by atoms with van der Waals surface area (Å²) in [6.45, 7) is 1.53. The Morgan fingerprint density at radius 2 is 2.00 bits per heavy atom. The van der Waals surface area contributed by atoms with Crippen molar-refractivity contribution < 1.29 is 21.6 Å². The molecule has 1 atom stereocenters. The summed E-state index contributed by atoms with van der Waals surface area (Å²) in [7, 11) is -6.87. The Morgan fingerprint density at radius 1 is 1.27 bits per heavy atom. The van der Waals surface area contributed by atoms with Crippen molar-refractivity contribution >= 4 is 25.8 Å². The van der Waals surface area contributed by atoms with E-state index < -0.39 is 31.8 Å². The van der Waals surface area contributed by atoms with Crippen molar-refractivity contribution in [1.82, 2.24) is 9.62 Å². The zero-order valence-corrected chi connectivity index (χ0v) is 16.4. The number of likely N-dealkylation sites (N-methyl/N-ethyl adjacent to an activating group) is 1. The fraction of sp³-hybridized carbons (Fsp3) is 0.588. The highest BCUT2D eigenvalue weighted by molar-refractivity contribution is 7.91. The van der Waals surface area contributed by atoms with Crippen molar-refractivity contribution in [3.05, 3.63) is 29.3 Å². The minimum atomic E-state index is -3.77. The Bertz CT molecular complexity index is 909. The van der Waals surface area contributed by atoms with Crippen LogP contribution in [-0.2, 0) is 37.5 Å². The quantitative estimate of drug-likeness (QED) is 0.749. The second-order valence-electron chi connectivity index (χ2n) is 6.88. The molecule has 144 valence electrons. The average molecular weight is 401 g/mol. The van der Waals surface area contributed by atoms with Crippen LogP contribution in [0.4, 0.5) is 0 Å². The Morgan fingerprint density at radius 3 is 2.65 bits per heavy atom. The van der Waals surface area contributed by atoms with Crippen LogP contribution < -0.4 is 5.32 Å². The fourth-order valence-electron chi connectivity index (χ4n) is 3.57. The molecule has 3 rings (SSSR count). The maximum absolute atomic E-state index is 12.9. The van der Waals surface area contributed by atoms with Crippen LogP contribution >= 0.6 is 0 Å². The molecule has 0 bridgehead atoms. The molecule has 1 aliphatic heterocycles. The van der Waals surface area contributed by atoms with Gasteiger partial charge in [0.2, 0.25) is 15.9 Å². The number of nitrogens with one attached hydrogen (secondary N) is 1. The van der Waals surface area contributed by atoms with Crippen LogP contribution in [0.25, 0.3) is 0 Å². The number of carbonyl (C=O) groups excluding carboxylic acids is 1. The minimum absolute atomic E-state index is 0.0584. The summed E-state index contributed by atoms with van der Waals surface area (Å²) in [4.78, 5) is 12.4. The van der Waals surface area contributed by atoms with Gasteiger partial charge in [-0.1, -0.05) is 13.0 Å². The van der Waals surface area contributed by atoms with Crippen LogP contribution in [0.1, 0.15) is 30.9 Å². The first-order chi connectivity index (χ1) is 12.2. The summed E-state index contributed by atoms with van der Waals surface area (Å²) in [6, 6.07) is 4.73. The first kappa shape index (κ1) is 19.3. The van der Waals surface area contributed by atoms with E-state index in [1.807, 2.05) is 6.07 Å². The van der Waals surface area contributed by atoms with E-state index in [4.69, 9.17) is 0 Å². The molecule has 1 aromatic rings. The predicted octanol–water partition coefficient (Wildman–Crippen LogP) is 0.489. The van der Waals surface area contributed by atoms with Crippen LogP contribution in [0, 0.1) is 0 Å². The molecule has 1 fully saturated rings. The second kappa shape index (κ2) is 7.28. The Balaban J connectivity index is 1.70. The third-order valence-corrected chi connectivity index (χ3v) is 8.66. The number of fused-ring (bicyclic) bond motifs is 1. The van der Waals surface area contributed by atoms with E-state index in [0.717, 1.165) is 29.1 Å². The number of nitrogens with zero attached hydrogens (tertiary/aromatic N) is 1. The van der Waals surface area contributed by atoms with Crippen LogP contribution in [-0.4, -0.2) is 57.7 Å². The fourth-order valence-corrected chi connectivity index (χ4v) is 6.70. The summed E-state index contributed by atoms with van der Waals surface area (Å²) in [5, 5.41) is 2.64.